The number of nitrogens with zero attached hydrogens (tertiary/aromatic N) is 2. The number of aromatic nitrogens is 2. The number of aliphatic carboxylic acids is 1. The van der Waals surface area contributed by atoms with Crippen LogP contribution in [0.3, 0.4) is 0 Å². The fourth-order valence-electron chi connectivity index (χ4n) is 1.81. The van der Waals surface area contributed by atoms with Crippen molar-refractivity contribution in [1.82, 2.24) is 9.55 Å². The van der Waals surface area contributed by atoms with Gasteiger partial charge in [-0.3, -0.25) is 14.9 Å². The van der Waals surface area contributed by atoms with E-state index in [1.807, 2.05) is 5.38 Å². The highest BCUT2D eigenvalue weighted by Gasteiger charge is 2.13. The lowest BCUT2D eigenvalue weighted by atomic mass is 10.2. The molecule has 0 aliphatic rings. The van der Waals surface area contributed by atoms with Crippen LogP contribution in [0.1, 0.15) is 29.0 Å². The maximum absolute atomic E-state index is 12.1. The molecule has 0 atom stereocenters. The Morgan fingerprint density at radius 3 is 2.90 bits per heavy atom. The summed E-state index contributed by atoms with van der Waals surface area (Å²) < 4.78 is 1.64. The van der Waals surface area contributed by atoms with E-state index in [1.165, 1.54) is 11.3 Å². The van der Waals surface area contributed by atoms with E-state index in [-0.39, 0.29) is 12.3 Å². The van der Waals surface area contributed by atoms with Gasteiger partial charge in [0.1, 0.15) is 5.69 Å². The molecule has 2 heterocycles. The summed E-state index contributed by atoms with van der Waals surface area (Å²) in [4.78, 5) is 26.8. The van der Waals surface area contributed by atoms with Crippen molar-refractivity contribution in [2.75, 3.05) is 5.32 Å². The molecule has 0 aliphatic heterocycles. The summed E-state index contributed by atoms with van der Waals surface area (Å²) in [6.45, 7) is 0. The summed E-state index contributed by atoms with van der Waals surface area (Å²) in [6.07, 6.45) is 2.87. The predicted molar refractivity (Wildman–Crippen MR) is 81.1 cm³/mol. The summed E-state index contributed by atoms with van der Waals surface area (Å²) in [5.41, 5.74) is 1.23. The minimum atomic E-state index is -0.820. The molecule has 0 aromatic carbocycles. The highest BCUT2D eigenvalue weighted by Crippen LogP contribution is 2.19. The van der Waals surface area contributed by atoms with Crippen molar-refractivity contribution >= 4 is 39.9 Å². The van der Waals surface area contributed by atoms with Crippen LogP contribution in [-0.2, 0) is 18.3 Å². The highest BCUT2D eigenvalue weighted by atomic mass is 35.5. The zero-order valence-electron chi connectivity index (χ0n) is 11.3. The van der Waals surface area contributed by atoms with Crippen molar-refractivity contribution in [3.63, 3.8) is 0 Å². The molecule has 2 rings (SSSR count). The van der Waals surface area contributed by atoms with Crippen LogP contribution in [0, 0.1) is 0 Å². The Labute approximate surface area is 130 Å². The van der Waals surface area contributed by atoms with Gasteiger partial charge in [0.15, 0.2) is 5.13 Å². The molecule has 0 aliphatic carbocycles. The molecule has 0 spiro atoms. The molecule has 2 N–H and O–H groups in total. The van der Waals surface area contributed by atoms with Crippen LogP contribution in [-0.4, -0.2) is 26.5 Å². The smallest absolute Gasteiger partial charge is 0.303 e. The molecular formula is C13H14ClN3O3S. The monoisotopic (exact) mass is 327 g/mol. The second-order valence-corrected chi connectivity index (χ2v) is 5.79. The van der Waals surface area contributed by atoms with E-state index >= 15 is 0 Å². The van der Waals surface area contributed by atoms with E-state index in [1.54, 1.807) is 23.9 Å². The van der Waals surface area contributed by atoms with Crippen LogP contribution >= 0.6 is 22.9 Å². The quantitative estimate of drug-likeness (QED) is 0.854. The number of anilines is 1. The lowest BCUT2D eigenvalue weighted by molar-refractivity contribution is -0.137. The Hall–Kier alpha value is -1.86. The first-order chi connectivity index (χ1) is 9.95. The first kappa shape index (κ1) is 15.5. The molecular weight excluding hydrogens is 314 g/mol. The van der Waals surface area contributed by atoms with Gasteiger partial charge in [-0.1, -0.05) is 11.6 Å². The van der Waals surface area contributed by atoms with Crippen molar-refractivity contribution in [3.05, 3.63) is 34.1 Å². The number of amides is 1. The fourth-order valence-corrected chi connectivity index (χ4v) is 2.80. The van der Waals surface area contributed by atoms with Crippen LogP contribution in [0.15, 0.2) is 17.6 Å². The van der Waals surface area contributed by atoms with Crippen LogP contribution < -0.4 is 5.32 Å². The number of rotatable bonds is 6. The molecule has 0 radical (unpaired) electrons. The van der Waals surface area contributed by atoms with Crippen LogP contribution in [0.4, 0.5) is 5.13 Å². The number of hydrogen-bond donors (Lipinski definition) is 2. The SMILES string of the molecule is Cn1cc(Cl)cc1C(=O)Nc1nc(CCCC(=O)O)cs1. The fraction of sp³-hybridized carbons (Fsp3) is 0.308. The molecule has 2 aromatic rings. The molecule has 0 bridgehead atoms. The molecule has 0 saturated carbocycles. The first-order valence-electron chi connectivity index (χ1n) is 6.25. The normalized spacial score (nSPS) is 10.6. The second-order valence-electron chi connectivity index (χ2n) is 4.50. The van der Waals surface area contributed by atoms with Gasteiger partial charge in [-0.25, -0.2) is 4.98 Å². The lowest BCUT2D eigenvalue weighted by Crippen LogP contribution is -2.15. The first-order valence-corrected chi connectivity index (χ1v) is 7.51. The van der Waals surface area contributed by atoms with E-state index in [0.29, 0.717) is 28.7 Å². The topological polar surface area (TPSA) is 84.2 Å². The van der Waals surface area contributed by atoms with Crippen molar-refractivity contribution in [1.29, 1.82) is 0 Å². The molecule has 0 fully saturated rings. The van der Waals surface area contributed by atoms with Gasteiger partial charge in [0.05, 0.1) is 10.7 Å². The van der Waals surface area contributed by atoms with Gasteiger partial charge in [0, 0.05) is 25.0 Å². The predicted octanol–water partition coefficient (Wildman–Crippen LogP) is 2.79. The van der Waals surface area contributed by atoms with E-state index in [0.717, 1.165) is 5.69 Å². The zero-order chi connectivity index (χ0) is 15.4. The summed E-state index contributed by atoms with van der Waals surface area (Å²) in [5, 5.41) is 14.1. The molecule has 6 nitrogen and oxygen atoms in total. The number of halogens is 1. The number of thiazole rings is 1. The van der Waals surface area contributed by atoms with Gasteiger partial charge < -0.3 is 9.67 Å². The standard InChI is InChI=1S/C13H14ClN3O3S/c1-17-6-8(14)5-10(17)12(20)16-13-15-9(7-21-13)3-2-4-11(18)19/h5-7H,2-4H2,1H3,(H,18,19)(H,15,16,20). The summed E-state index contributed by atoms with van der Waals surface area (Å²) >= 11 is 7.15. The molecule has 0 saturated heterocycles. The number of carbonyl (C=O) groups is 2. The summed E-state index contributed by atoms with van der Waals surface area (Å²) in [6, 6.07) is 1.58. The minimum Gasteiger partial charge on any atom is -0.481 e. The number of aryl methyl sites for hydroxylation is 2. The third-order valence-electron chi connectivity index (χ3n) is 2.80. The van der Waals surface area contributed by atoms with Crippen molar-refractivity contribution < 1.29 is 14.7 Å². The van der Waals surface area contributed by atoms with Gasteiger partial charge >= 0.3 is 5.97 Å². The maximum atomic E-state index is 12.1. The molecule has 1 amide bonds. The Balaban J connectivity index is 1.94. The van der Waals surface area contributed by atoms with E-state index in [4.69, 9.17) is 16.7 Å². The average molecular weight is 328 g/mol. The Bertz CT molecular complexity index is 665. The average Bonchev–Trinajstić information content (AvgIpc) is 2.95. The lowest BCUT2D eigenvalue weighted by Gasteiger charge is -2.02. The molecule has 112 valence electrons. The Morgan fingerprint density at radius 1 is 1.52 bits per heavy atom. The number of nitrogens with one attached hydrogen (secondary N) is 1. The highest BCUT2D eigenvalue weighted by molar-refractivity contribution is 7.13. The van der Waals surface area contributed by atoms with Gasteiger partial charge in [-0.15, -0.1) is 11.3 Å². The van der Waals surface area contributed by atoms with Gasteiger partial charge in [-0.2, -0.15) is 0 Å². The summed E-state index contributed by atoms with van der Waals surface area (Å²) in [7, 11) is 1.74. The molecule has 8 heteroatoms. The Kier molecular flexibility index (Phi) is 4.98. The zero-order valence-corrected chi connectivity index (χ0v) is 12.9. The van der Waals surface area contributed by atoms with Gasteiger partial charge in [-0.05, 0) is 18.9 Å². The molecule has 2 aromatic heterocycles. The second kappa shape index (κ2) is 6.73. The Morgan fingerprint density at radius 2 is 2.29 bits per heavy atom. The van der Waals surface area contributed by atoms with E-state index in [2.05, 4.69) is 10.3 Å². The minimum absolute atomic E-state index is 0.112. The van der Waals surface area contributed by atoms with Crippen LogP contribution in [0.25, 0.3) is 0 Å². The van der Waals surface area contributed by atoms with Gasteiger partial charge in [0.25, 0.3) is 5.91 Å². The third-order valence-corrected chi connectivity index (χ3v) is 3.81. The van der Waals surface area contributed by atoms with Crippen molar-refractivity contribution in [2.45, 2.75) is 19.3 Å². The number of hydrogen-bond acceptors (Lipinski definition) is 4. The summed E-state index contributed by atoms with van der Waals surface area (Å²) in [5.74, 6) is -1.10. The van der Waals surface area contributed by atoms with E-state index in [9.17, 15) is 9.59 Å². The van der Waals surface area contributed by atoms with E-state index < -0.39 is 5.97 Å². The molecule has 21 heavy (non-hydrogen) atoms. The third kappa shape index (κ3) is 4.30. The largest absolute Gasteiger partial charge is 0.481 e. The van der Waals surface area contributed by atoms with Crippen molar-refractivity contribution in [3.8, 4) is 0 Å². The number of carboxylic acid groups (broad SMARTS) is 1. The number of carboxylic acids is 1. The van der Waals surface area contributed by atoms with Gasteiger partial charge in [0.2, 0.25) is 0 Å². The number of carbonyl (C=O) groups excluding carboxylic acids is 1. The molecule has 0 unspecified atom stereocenters. The van der Waals surface area contributed by atoms with Crippen LogP contribution in [0.2, 0.25) is 5.02 Å². The maximum Gasteiger partial charge on any atom is 0.303 e. The van der Waals surface area contributed by atoms with Crippen molar-refractivity contribution in [2.24, 2.45) is 7.05 Å². The van der Waals surface area contributed by atoms with Crippen LogP contribution in [0.5, 0.6) is 0 Å².